The minimum absolute atomic E-state index is 0.0734. The third-order valence-electron chi connectivity index (χ3n) is 3.19. The fourth-order valence-corrected chi connectivity index (χ4v) is 2.12. The number of carbonyl (C=O) groups is 1. The zero-order chi connectivity index (χ0) is 16.5. The Hall–Kier alpha value is -1.66. The van der Waals surface area contributed by atoms with Crippen molar-refractivity contribution in [2.75, 3.05) is 13.7 Å². The lowest BCUT2D eigenvalue weighted by Crippen LogP contribution is -2.47. The Morgan fingerprint density at radius 1 is 1.32 bits per heavy atom. The number of hydrogen-bond acceptors (Lipinski definition) is 4. The summed E-state index contributed by atoms with van der Waals surface area (Å²) in [5, 5.41) is 9.91. The topological polar surface area (TPSA) is 59.0 Å². The van der Waals surface area contributed by atoms with Gasteiger partial charge in [-0.3, -0.25) is 4.84 Å². The van der Waals surface area contributed by atoms with Gasteiger partial charge in [-0.25, -0.2) is 9.18 Å². The first-order chi connectivity index (χ1) is 10.5. The third-order valence-corrected chi connectivity index (χ3v) is 3.19. The van der Waals surface area contributed by atoms with Crippen LogP contribution in [-0.4, -0.2) is 42.2 Å². The average Bonchev–Trinajstić information content (AvgIpc) is 2.52. The number of ether oxygens (including phenoxy) is 1. The van der Waals surface area contributed by atoms with Gasteiger partial charge in [-0.05, 0) is 17.9 Å². The molecule has 0 radical (unpaired) electrons. The first-order valence-electron chi connectivity index (χ1n) is 7.28. The van der Waals surface area contributed by atoms with Crippen molar-refractivity contribution >= 4 is 6.09 Å². The van der Waals surface area contributed by atoms with Crippen LogP contribution in [0.4, 0.5) is 9.18 Å². The lowest BCUT2D eigenvalue weighted by Gasteiger charge is -2.31. The zero-order valence-corrected chi connectivity index (χ0v) is 13.2. The SMILES string of the molecule is CON(C(=O)OCc1ccccc1)[C@H](CC(C)C)[C@H](F)CO. The van der Waals surface area contributed by atoms with E-state index in [1.165, 1.54) is 7.11 Å². The molecule has 0 unspecified atom stereocenters. The largest absolute Gasteiger partial charge is 0.443 e. The van der Waals surface area contributed by atoms with E-state index in [4.69, 9.17) is 14.7 Å². The van der Waals surface area contributed by atoms with Crippen LogP contribution in [0.15, 0.2) is 30.3 Å². The molecule has 0 aliphatic rings. The predicted molar refractivity (Wildman–Crippen MR) is 80.7 cm³/mol. The fraction of sp³-hybridized carbons (Fsp3) is 0.562. The molecule has 1 aromatic carbocycles. The highest BCUT2D eigenvalue weighted by molar-refractivity contribution is 5.66. The molecule has 0 aliphatic carbocycles. The Bertz CT molecular complexity index is 441. The summed E-state index contributed by atoms with van der Waals surface area (Å²) in [5.74, 6) is 0.134. The molecule has 124 valence electrons. The van der Waals surface area contributed by atoms with Crippen molar-refractivity contribution < 1.29 is 23.9 Å². The van der Waals surface area contributed by atoms with Gasteiger partial charge in [0.2, 0.25) is 0 Å². The molecule has 22 heavy (non-hydrogen) atoms. The summed E-state index contributed by atoms with van der Waals surface area (Å²) in [7, 11) is 1.28. The molecule has 1 N–H and O–H groups in total. The number of amides is 1. The van der Waals surface area contributed by atoms with Crippen molar-refractivity contribution in [1.29, 1.82) is 0 Å². The van der Waals surface area contributed by atoms with E-state index < -0.39 is 24.9 Å². The van der Waals surface area contributed by atoms with Crippen LogP contribution in [0, 0.1) is 5.92 Å². The van der Waals surface area contributed by atoms with Crippen molar-refractivity contribution in [3.05, 3.63) is 35.9 Å². The Balaban J connectivity index is 2.71. The number of rotatable bonds is 8. The standard InChI is InChI=1S/C16H24FNO4/c1-12(2)9-15(14(17)10-19)18(21-3)16(20)22-11-13-7-5-4-6-8-13/h4-8,12,14-15,19H,9-11H2,1-3H3/t14-,15-/m1/s1. The predicted octanol–water partition coefficient (Wildman–Crippen LogP) is 2.93. The van der Waals surface area contributed by atoms with E-state index in [1.807, 2.05) is 44.2 Å². The summed E-state index contributed by atoms with van der Waals surface area (Å²) in [5.41, 5.74) is 0.825. The second kappa shape index (κ2) is 9.38. The maximum Gasteiger partial charge on any atom is 0.434 e. The summed E-state index contributed by atoms with van der Waals surface area (Å²) < 4.78 is 19.1. The van der Waals surface area contributed by atoms with Crippen LogP contribution in [0.3, 0.4) is 0 Å². The van der Waals surface area contributed by atoms with Gasteiger partial charge in [-0.1, -0.05) is 44.2 Å². The zero-order valence-electron chi connectivity index (χ0n) is 13.2. The van der Waals surface area contributed by atoms with Crippen LogP contribution in [-0.2, 0) is 16.2 Å². The molecule has 1 aromatic rings. The second-order valence-corrected chi connectivity index (χ2v) is 5.44. The van der Waals surface area contributed by atoms with Crippen LogP contribution in [0.1, 0.15) is 25.8 Å². The number of nitrogens with zero attached hydrogens (tertiary/aromatic N) is 1. The van der Waals surface area contributed by atoms with E-state index in [0.29, 0.717) is 6.42 Å². The van der Waals surface area contributed by atoms with E-state index >= 15 is 0 Å². The molecule has 0 bridgehead atoms. The molecule has 0 spiro atoms. The fourth-order valence-electron chi connectivity index (χ4n) is 2.12. The normalized spacial score (nSPS) is 13.7. The van der Waals surface area contributed by atoms with Crippen LogP contribution < -0.4 is 0 Å². The Kier molecular flexibility index (Phi) is 7.84. The smallest absolute Gasteiger partial charge is 0.434 e. The summed E-state index contributed by atoms with van der Waals surface area (Å²) in [6, 6.07) is 8.28. The highest BCUT2D eigenvalue weighted by Crippen LogP contribution is 2.19. The number of hydrogen-bond donors (Lipinski definition) is 1. The Morgan fingerprint density at radius 3 is 2.45 bits per heavy atom. The molecule has 1 rings (SSSR count). The van der Waals surface area contributed by atoms with Gasteiger partial charge in [0.25, 0.3) is 0 Å². The molecule has 2 atom stereocenters. The van der Waals surface area contributed by atoms with Gasteiger partial charge in [0.05, 0.1) is 19.8 Å². The Labute approximate surface area is 130 Å². The lowest BCUT2D eigenvalue weighted by molar-refractivity contribution is -0.159. The molecule has 5 nitrogen and oxygen atoms in total. The first kappa shape index (κ1) is 18.4. The maximum atomic E-state index is 13.9. The van der Waals surface area contributed by atoms with Gasteiger partial charge < -0.3 is 9.84 Å². The van der Waals surface area contributed by atoms with Gasteiger partial charge in [-0.2, -0.15) is 5.06 Å². The van der Waals surface area contributed by atoms with E-state index in [1.54, 1.807) is 0 Å². The molecular weight excluding hydrogens is 289 g/mol. The molecule has 0 saturated heterocycles. The molecule has 0 heterocycles. The highest BCUT2D eigenvalue weighted by Gasteiger charge is 2.33. The van der Waals surface area contributed by atoms with Crippen molar-refractivity contribution in [2.45, 2.75) is 39.1 Å². The van der Waals surface area contributed by atoms with Crippen LogP contribution >= 0.6 is 0 Å². The van der Waals surface area contributed by atoms with Gasteiger partial charge in [0.1, 0.15) is 12.8 Å². The maximum absolute atomic E-state index is 13.9. The van der Waals surface area contributed by atoms with Gasteiger partial charge in [0.15, 0.2) is 0 Å². The number of aliphatic hydroxyl groups is 1. The number of benzene rings is 1. The van der Waals surface area contributed by atoms with Crippen molar-refractivity contribution in [2.24, 2.45) is 5.92 Å². The number of alkyl halides is 1. The highest BCUT2D eigenvalue weighted by atomic mass is 19.1. The quantitative estimate of drug-likeness (QED) is 0.750. The van der Waals surface area contributed by atoms with Gasteiger partial charge in [-0.15, -0.1) is 0 Å². The van der Waals surface area contributed by atoms with Crippen LogP contribution in [0.25, 0.3) is 0 Å². The molecule has 0 saturated carbocycles. The number of halogens is 1. The minimum atomic E-state index is -1.59. The first-order valence-corrected chi connectivity index (χ1v) is 7.28. The van der Waals surface area contributed by atoms with Crippen LogP contribution in [0.5, 0.6) is 0 Å². The molecule has 6 heteroatoms. The summed E-state index contributed by atoms with van der Waals surface area (Å²) in [6.07, 6.45) is -2.00. The number of carbonyl (C=O) groups excluding carboxylic acids is 1. The summed E-state index contributed by atoms with van der Waals surface area (Å²) in [4.78, 5) is 17.1. The van der Waals surface area contributed by atoms with Gasteiger partial charge in [0, 0.05) is 0 Å². The second-order valence-electron chi connectivity index (χ2n) is 5.44. The number of aliphatic hydroxyl groups excluding tert-OH is 1. The van der Waals surface area contributed by atoms with Gasteiger partial charge >= 0.3 is 6.09 Å². The van der Waals surface area contributed by atoms with E-state index in [-0.39, 0.29) is 12.5 Å². The molecule has 1 amide bonds. The summed E-state index contributed by atoms with van der Waals surface area (Å²) >= 11 is 0. The third kappa shape index (κ3) is 5.61. The molecule has 0 aliphatic heterocycles. The monoisotopic (exact) mass is 313 g/mol. The average molecular weight is 313 g/mol. The molecule has 0 aromatic heterocycles. The van der Waals surface area contributed by atoms with E-state index in [9.17, 15) is 9.18 Å². The number of hydroxylamine groups is 2. The van der Waals surface area contributed by atoms with E-state index in [0.717, 1.165) is 10.6 Å². The van der Waals surface area contributed by atoms with Crippen molar-refractivity contribution in [3.8, 4) is 0 Å². The van der Waals surface area contributed by atoms with Crippen LogP contribution in [0.2, 0.25) is 0 Å². The molecule has 0 fully saturated rings. The van der Waals surface area contributed by atoms with Crippen molar-refractivity contribution in [1.82, 2.24) is 5.06 Å². The minimum Gasteiger partial charge on any atom is -0.443 e. The Morgan fingerprint density at radius 2 is 1.95 bits per heavy atom. The van der Waals surface area contributed by atoms with E-state index in [2.05, 4.69) is 0 Å². The molecular formula is C16H24FNO4. The van der Waals surface area contributed by atoms with Crippen molar-refractivity contribution in [3.63, 3.8) is 0 Å². The summed E-state index contributed by atoms with van der Waals surface area (Å²) in [6.45, 7) is 3.20. The lowest BCUT2D eigenvalue weighted by atomic mass is 10.00.